The van der Waals surface area contributed by atoms with E-state index in [0.717, 1.165) is 31.8 Å². The zero-order valence-electron chi connectivity index (χ0n) is 10.2. The number of nitrogens with two attached hydrogens (primary N) is 1. The van der Waals surface area contributed by atoms with Gasteiger partial charge in [0.25, 0.3) is 0 Å². The lowest BCUT2D eigenvalue weighted by atomic mass is 10.1. The summed E-state index contributed by atoms with van der Waals surface area (Å²) >= 11 is 0. The summed E-state index contributed by atoms with van der Waals surface area (Å²) in [6.45, 7) is 1.55. The Morgan fingerprint density at radius 2 is 2.39 bits per heavy atom. The molecule has 0 radical (unpaired) electrons. The van der Waals surface area contributed by atoms with Crippen LogP contribution in [0.1, 0.15) is 24.8 Å². The molecular formula is C13H16N4O. The molecule has 1 aliphatic carbocycles. The van der Waals surface area contributed by atoms with Crippen LogP contribution in [0.2, 0.25) is 0 Å². The molecule has 0 bridgehead atoms. The molecule has 0 aromatic carbocycles. The third-order valence-corrected chi connectivity index (χ3v) is 3.78. The molecule has 5 nitrogen and oxygen atoms in total. The van der Waals surface area contributed by atoms with Gasteiger partial charge in [0.2, 0.25) is 0 Å². The van der Waals surface area contributed by atoms with Gasteiger partial charge in [-0.25, -0.2) is 4.98 Å². The highest BCUT2D eigenvalue weighted by Crippen LogP contribution is 2.34. The van der Waals surface area contributed by atoms with Crippen LogP contribution in [0.25, 0.3) is 0 Å². The van der Waals surface area contributed by atoms with Crippen LogP contribution >= 0.6 is 0 Å². The number of nitrogens with zero attached hydrogens (tertiary/aromatic N) is 3. The second-order valence-electron chi connectivity index (χ2n) is 4.85. The minimum Gasteiger partial charge on any atom is -0.396 e. The minimum absolute atomic E-state index is 0.315. The van der Waals surface area contributed by atoms with Crippen LogP contribution in [0, 0.1) is 11.3 Å². The van der Waals surface area contributed by atoms with E-state index in [1.807, 2.05) is 0 Å². The predicted molar refractivity (Wildman–Crippen MR) is 68.1 cm³/mol. The van der Waals surface area contributed by atoms with Gasteiger partial charge >= 0.3 is 0 Å². The van der Waals surface area contributed by atoms with E-state index >= 15 is 0 Å². The Hall–Kier alpha value is -1.80. The van der Waals surface area contributed by atoms with E-state index in [0.29, 0.717) is 23.4 Å². The number of fused-ring (bicyclic) bond motifs is 1. The van der Waals surface area contributed by atoms with E-state index in [4.69, 9.17) is 15.7 Å². The topological polar surface area (TPSA) is 75.2 Å². The first-order valence-electron chi connectivity index (χ1n) is 6.33. The zero-order valence-corrected chi connectivity index (χ0v) is 10.2. The highest BCUT2D eigenvalue weighted by Gasteiger charge is 2.37. The number of nitriles is 1. The van der Waals surface area contributed by atoms with E-state index < -0.39 is 0 Å². The normalized spacial score (nSPS) is 26.7. The van der Waals surface area contributed by atoms with Crippen LogP contribution in [0.15, 0.2) is 12.3 Å². The number of anilines is 2. The number of hydrogen-bond acceptors (Lipinski definition) is 5. The van der Waals surface area contributed by atoms with E-state index in [2.05, 4.69) is 16.0 Å². The first-order valence-corrected chi connectivity index (χ1v) is 6.33. The number of rotatable bonds is 1. The van der Waals surface area contributed by atoms with E-state index in [1.54, 1.807) is 12.3 Å². The van der Waals surface area contributed by atoms with Crippen molar-refractivity contribution in [1.82, 2.24) is 4.98 Å². The lowest BCUT2D eigenvalue weighted by Crippen LogP contribution is -2.49. The van der Waals surface area contributed by atoms with Crippen molar-refractivity contribution in [3.63, 3.8) is 0 Å². The van der Waals surface area contributed by atoms with Crippen LogP contribution in [0.5, 0.6) is 0 Å². The van der Waals surface area contributed by atoms with Gasteiger partial charge in [0, 0.05) is 12.7 Å². The number of aromatic nitrogens is 1. The van der Waals surface area contributed by atoms with Crippen molar-refractivity contribution >= 4 is 11.5 Å². The van der Waals surface area contributed by atoms with Gasteiger partial charge in [-0.1, -0.05) is 0 Å². The average molecular weight is 244 g/mol. The Bertz CT molecular complexity index is 496. The number of hydrogen-bond donors (Lipinski definition) is 1. The Labute approximate surface area is 106 Å². The number of ether oxygens (including phenoxy) is 1. The van der Waals surface area contributed by atoms with Gasteiger partial charge < -0.3 is 15.4 Å². The highest BCUT2D eigenvalue weighted by atomic mass is 16.5. The lowest BCUT2D eigenvalue weighted by molar-refractivity contribution is 0.0254. The van der Waals surface area contributed by atoms with Gasteiger partial charge in [0.15, 0.2) is 5.82 Å². The fraction of sp³-hybridized carbons (Fsp3) is 0.538. The molecule has 1 aromatic heterocycles. The Balaban J connectivity index is 1.92. The van der Waals surface area contributed by atoms with E-state index in [1.165, 1.54) is 6.42 Å². The van der Waals surface area contributed by atoms with Crippen molar-refractivity contribution in [3.05, 3.63) is 17.8 Å². The summed E-state index contributed by atoms with van der Waals surface area (Å²) in [5, 5.41) is 8.83. The summed E-state index contributed by atoms with van der Waals surface area (Å²) in [6.07, 6.45) is 5.35. The molecule has 2 unspecified atom stereocenters. The molecule has 5 heteroatoms. The lowest BCUT2D eigenvalue weighted by Gasteiger charge is -2.38. The Morgan fingerprint density at radius 1 is 1.50 bits per heavy atom. The predicted octanol–water partition coefficient (Wildman–Crippen LogP) is 1.29. The fourth-order valence-electron chi connectivity index (χ4n) is 2.96. The summed E-state index contributed by atoms with van der Waals surface area (Å²) in [5.41, 5.74) is 7.11. The van der Waals surface area contributed by atoms with Crippen LogP contribution < -0.4 is 10.6 Å². The molecule has 0 spiro atoms. The summed E-state index contributed by atoms with van der Waals surface area (Å²) < 4.78 is 5.78. The van der Waals surface area contributed by atoms with Gasteiger partial charge in [-0.3, -0.25) is 0 Å². The van der Waals surface area contributed by atoms with Crippen LogP contribution in [-0.2, 0) is 4.74 Å². The molecule has 2 N–H and O–H groups in total. The third kappa shape index (κ3) is 1.79. The smallest absolute Gasteiger partial charge is 0.152 e. The second-order valence-corrected chi connectivity index (χ2v) is 4.85. The maximum Gasteiger partial charge on any atom is 0.152 e. The summed E-state index contributed by atoms with van der Waals surface area (Å²) in [5.74, 6) is 0.800. The van der Waals surface area contributed by atoms with Crippen molar-refractivity contribution in [1.29, 1.82) is 5.26 Å². The number of morpholine rings is 1. The van der Waals surface area contributed by atoms with Gasteiger partial charge in [0.05, 0.1) is 30.0 Å². The fourth-order valence-corrected chi connectivity index (χ4v) is 2.96. The molecule has 94 valence electrons. The maximum absolute atomic E-state index is 8.83. The van der Waals surface area contributed by atoms with Crippen molar-refractivity contribution in [2.24, 2.45) is 0 Å². The SMILES string of the molecule is N#Cc1cnc(N2CCOC3CCCC32)c(N)c1. The molecular weight excluding hydrogens is 228 g/mol. The molecule has 2 fully saturated rings. The first kappa shape index (κ1) is 11.3. The molecule has 0 amide bonds. The van der Waals surface area contributed by atoms with Gasteiger partial charge in [0.1, 0.15) is 6.07 Å². The molecule has 2 atom stereocenters. The second kappa shape index (κ2) is 4.46. The number of nitrogen functional groups attached to an aromatic ring is 1. The van der Waals surface area contributed by atoms with Crippen molar-refractivity contribution in [3.8, 4) is 6.07 Å². The van der Waals surface area contributed by atoms with Crippen molar-refractivity contribution in [2.45, 2.75) is 31.4 Å². The van der Waals surface area contributed by atoms with Crippen molar-refractivity contribution in [2.75, 3.05) is 23.8 Å². The van der Waals surface area contributed by atoms with E-state index in [9.17, 15) is 0 Å². The summed E-state index contributed by atoms with van der Waals surface area (Å²) in [6, 6.07) is 4.14. The molecule has 18 heavy (non-hydrogen) atoms. The minimum atomic E-state index is 0.315. The zero-order chi connectivity index (χ0) is 12.5. The highest BCUT2D eigenvalue weighted by molar-refractivity contribution is 5.65. The van der Waals surface area contributed by atoms with Gasteiger partial charge in [-0.2, -0.15) is 5.26 Å². The molecule has 1 saturated heterocycles. The molecule has 1 saturated carbocycles. The summed E-state index contributed by atoms with van der Waals surface area (Å²) in [7, 11) is 0. The van der Waals surface area contributed by atoms with E-state index in [-0.39, 0.29) is 0 Å². The summed E-state index contributed by atoms with van der Waals surface area (Å²) in [4.78, 5) is 6.60. The monoisotopic (exact) mass is 244 g/mol. The van der Waals surface area contributed by atoms with Crippen LogP contribution in [0.4, 0.5) is 11.5 Å². The van der Waals surface area contributed by atoms with Crippen LogP contribution in [0.3, 0.4) is 0 Å². The molecule has 3 rings (SSSR count). The van der Waals surface area contributed by atoms with Crippen LogP contribution in [-0.4, -0.2) is 30.3 Å². The average Bonchev–Trinajstić information content (AvgIpc) is 2.87. The van der Waals surface area contributed by atoms with Gasteiger partial charge in [-0.15, -0.1) is 0 Å². The molecule has 2 aliphatic rings. The number of pyridine rings is 1. The molecule has 1 aromatic rings. The quantitative estimate of drug-likeness (QED) is 0.805. The first-order chi connectivity index (χ1) is 8.79. The largest absolute Gasteiger partial charge is 0.396 e. The van der Waals surface area contributed by atoms with Crippen molar-refractivity contribution < 1.29 is 4.74 Å². The standard InChI is InChI=1S/C13H16N4O/c14-7-9-6-10(15)13(16-8-9)17-4-5-18-12-3-1-2-11(12)17/h6,8,11-12H,1-5,15H2. The molecule has 1 aliphatic heterocycles. The Morgan fingerprint density at radius 3 is 3.17 bits per heavy atom. The molecule has 2 heterocycles. The Kier molecular flexibility index (Phi) is 2.80. The van der Waals surface area contributed by atoms with Gasteiger partial charge in [-0.05, 0) is 25.3 Å². The maximum atomic E-state index is 8.83. The third-order valence-electron chi connectivity index (χ3n) is 3.78.